The first kappa shape index (κ1) is 14.2. The predicted octanol–water partition coefficient (Wildman–Crippen LogP) is 3.22. The second-order valence-electron chi connectivity index (χ2n) is 7.39. The molecule has 2 aliphatic rings. The molecule has 0 heterocycles. The molecule has 2 saturated carbocycles. The van der Waals surface area contributed by atoms with Gasteiger partial charge in [0.15, 0.2) is 0 Å². The number of esters is 1. The first-order valence-electron chi connectivity index (χ1n) is 7.61. The Bertz CT molecular complexity index is 576. The highest BCUT2D eigenvalue weighted by Crippen LogP contribution is 2.66. The van der Waals surface area contributed by atoms with Crippen molar-refractivity contribution in [3.05, 3.63) is 23.8 Å². The fourth-order valence-electron chi connectivity index (χ4n) is 4.30. The van der Waals surface area contributed by atoms with Gasteiger partial charge in [-0.25, -0.2) is 4.79 Å². The van der Waals surface area contributed by atoms with E-state index in [0.29, 0.717) is 22.9 Å². The van der Waals surface area contributed by atoms with Gasteiger partial charge in [-0.1, -0.05) is 20.8 Å². The van der Waals surface area contributed by atoms with E-state index in [-0.39, 0.29) is 22.9 Å². The first-order chi connectivity index (χ1) is 9.74. The molecule has 3 unspecified atom stereocenters. The standard InChI is InChI=1S/C17H24N2O2/c1-16(2)11-4-5-17(16,3)14(8-11)21-15(20)10-6-12(18)9-13(19)7-10/h6-7,9,11,14H,4-5,8,18-19H2,1-3H3. The molecular formula is C17H24N2O2. The van der Waals surface area contributed by atoms with Crippen molar-refractivity contribution in [2.24, 2.45) is 16.7 Å². The third-order valence-electron chi connectivity index (χ3n) is 6.18. The van der Waals surface area contributed by atoms with Crippen LogP contribution in [0.4, 0.5) is 11.4 Å². The Kier molecular flexibility index (Phi) is 2.98. The number of nitrogens with two attached hydrogens (primary N) is 2. The quantitative estimate of drug-likeness (QED) is 0.647. The number of carbonyl (C=O) groups excluding carboxylic acids is 1. The van der Waals surface area contributed by atoms with Crippen LogP contribution in [0.1, 0.15) is 50.4 Å². The van der Waals surface area contributed by atoms with Crippen LogP contribution in [0.25, 0.3) is 0 Å². The zero-order valence-corrected chi connectivity index (χ0v) is 13.0. The lowest BCUT2D eigenvalue weighted by Crippen LogP contribution is -2.38. The SMILES string of the molecule is CC1(C)C2CCC1(C)C(OC(=O)c1cc(N)cc(N)c1)C2. The van der Waals surface area contributed by atoms with E-state index in [4.69, 9.17) is 16.2 Å². The number of rotatable bonds is 2. The Labute approximate surface area is 125 Å². The van der Waals surface area contributed by atoms with E-state index in [1.807, 2.05) is 0 Å². The Hall–Kier alpha value is -1.71. The molecule has 2 bridgehead atoms. The predicted molar refractivity (Wildman–Crippen MR) is 83.7 cm³/mol. The number of ether oxygens (including phenoxy) is 1. The molecule has 0 spiro atoms. The van der Waals surface area contributed by atoms with Gasteiger partial charge >= 0.3 is 5.97 Å². The molecule has 2 fully saturated rings. The van der Waals surface area contributed by atoms with Crippen molar-refractivity contribution in [2.75, 3.05) is 11.5 Å². The van der Waals surface area contributed by atoms with Crippen molar-refractivity contribution >= 4 is 17.3 Å². The molecule has 1 aromatic carbocycles. The number of anilines is 2. The maximum absolute atomic E-state index is 12.4. The van der Waals surface area contributed by atoms with Crippen LogP contribution in [-0.2, 0) is 4.74 Å². The molecule has 0 aliphatic heterocycles. The number of carbonyl (C=O) groups is 1. The topological polar surface area (TPSA) is 78.3 Å². The minimum Gasteiger partial charge on any atom is -0.458 e. The van der Waals surface area contributed by atoms with Crippen LogP contribution in [0.2, 0.25) is 0 Å². The third kappa shape index (κ3) is 2.00. The second kappa shape index (κ2) is 4.39. The molecular weight excluding hydrogens is 264 g/mol. The molecule has 0 amide bonds. The van der Waals surface area contributed by atoms with Crippen LogP contribution in [0.5, 0.6) is 0 Å². The zero-order chi connectivity index (χ0) is 15.4. The van der Waals surface area contributed by atoms with Crippen LogP contribution in [0.15, 0.2) is 18.2 Å². The van der Waals surface area contributed by atoms with E-state index in [0.717, 1.165) is 12.8 Å². The van der Waals surface area contributed by atoms with Crippen molar-refractivity contribution in [1.29, 1.82) is 0 Å². The van der Waals surface area contributed by atoms with Crippen molar-refractivity contribution in [1.82, 2.24) is 0 Å². The number of hydrogen-bond acceptors (Lipinski definition) is 4. The van der Waals surface area contributed by atoms with Crippen LogP contribution >= 0.6 is 0 Å². The average Bonchev–Trinajstić information content (AvgIpc) is 2.70. The average molecular weight is 288 g/mol. The van der Waals surface area contributed by atoms with Gasteiger partial charge in [-0.3, -0.25) is 0 Å². The van der Waals surface area contributed by atoms with Crippen LogP contribution in [0, 0.1) is 16.7 Å². The minimum atomic E-state index is -0.316. The van der Waals surface area contributed by atoms with Gasteiger partial charge in [0.1, 0.15) is 6.10 Å². The molecule has 4 N–H and O–H groups in total. The molecule has 0 aromatic heterocycles. The van der Waals surface area contributed by atoms with Crippen LogP contribution < -0.4 is 11.5 Å². The lowest BCUT2D eigenvalue weighted by atomic mass is 9.70. The van der Waals surface area contributed by atoms with E-state index < -0.39 is 0 Å². The Morgan fingerprint density at radius 2 is 1.81 bits per heavy atom. The first-order valence-corrected chi connectivity index (χ1v) is 7.61. The summed E-state index contributed by atoms with van der Waals surface area (Å²) in [4.78, 5) is 12.4. The molecule has 21 heavy (non-hydrogen) atoms. The summed E-state index contributed by atoms with van der Waals surface area (Å²) in [5.41, 5.74) is 13.2. The summed E-state index contributed by atoms with van der Waals surface area (Å²) in [5.74, 6) is 0.329. The molecule has 1 aromatic rings. The Morgan fingerprint density at radius 3 is 2.29 bits per heavy atom. The Balaban J connectivity index is 1.80. The summed E-state index contributed by atoms with van der Waals surface area (Å²) >= 11 is 0. The van der Waals surface area contributed by atoms with Crippen molar-refractivity contribution in [2.45, 2.75) is 46.1 Å². The van der Waals surface area contributed by atoms with Gasteiger partial charge in [0, 0.05) is 16.8 Å². The summed E-state index contributed by atoms with van der Waals surface area (Å²) in [6, 6.07) is 4.89. The van der Waals surface area contributed by atoms with E-state index in [1.54, 1.807) is 18.2 Å². The molecule has 4 heteroatoms. The Morgan fingerprint density at radius 1 is 1.19 bits per heavy atom. The smallest absolute Gasteiger partial charge is 0.338 e. The molecule has 4 nitrogen and oxygen atoms in total. The largest absolute Gasteiger partial charge is 0.458 e. The zero-order valence-electron chi connectivity index (χ0n) is 13.0. The van der Waals surface area contributed by atoms with E-state index >= 15 is 0 Å². The maximum Gasteiger partial charge on any atom is 0.338 e. The number of benzene rings is 1. The van der Waals surface area contributed by atoms with E-state index in [2.05, 4.69) is 20.8 Å². The van der Waals surface area contributed by atoms with E-state index in [1.165, 1.54) is 6.42 Å². The highest BCUT2D eigenvalue weighted by Gasteiger charge is 2.62. The van der Waals surface area contributed by atoms with Gasteiger partial charge in [0.2, 0.25) is 0 Å². The normalized spacial score (nSPS) is 33.1. The van der Waals surface area contributed by atoms with Crippen molar-refractivity contribution < 1.29 is 9.53 Å². The molecule has 3 rings (SSSR count). The van der Waals surface area contributed by atoms with Crippen molar-refractivity contribution in [3.63, 3.8) is 0 Å². The summed E-state index contributed by atoms with van der Waals surface area (Å²) < 4.78 is 5.83. The summed E-state index contributed by atoms with van der Waals surface area (Å²) in [7, 11) is 0. The highest BCUT2D eigenvalue weighted by atomic mass is 16.5. The van der Waals surface area contributed by atoms with E-state index in [9.17, 15) is 4.79 Å². The maximum atomic E-state index is 12.4. The van der Waals surface area contributed by atoms with Gasteiger partial charge < -0.3 is 16.2 Å². The summed E-state index contributed by atoms with van der Waals surface area (Å²) in [5, 5.41) is 0. The van der Waals surface area contributed by atoms with Gasteiger partial charge in [-0.05, 0) is 48.8 Å². The fourth-order valence-corrected chi connectivity index (χ4v) is 4.30. The highest BCUT2D eigenvalue weighted by molar-refractivity contribution is 5.91. The number of fused-ring (bicyclic) bond motifs is 2. The molecule has 3 atom stereocenters. The fraction of sp³-hybridized carbons (Fsp3) is 0.588. The van der Waals surface area contributed by atoms with Crippen LogP contribution in [0.3, 0.4) is 0 Å². The lowest BCUT2D eigenvalue weighted by Gasteiger charge is -2.38. The molecule has 0 radical (unpaired) electrons. The van der Waals surface area contributed by atoms with Gasteiger partial charge in [0.25, 0.3) is 0 Å². The van der Waals surface area contributed by atoms with Gasteiger partial charge in [-0.2, -0.15) is 0 Å². The number of hydrogen-bond donors (Lipinski definition) is 2. The molecule has 114 valence electrons. The molecule has 0 saturated heterocycles. The number of nitrogen functional groups attached to an aromatic ring is 2. The van der Waals surface area contributed by atoms with Crippen molar-refractivity contribution in [3.8, 4) is 0 Å². The second-order valence-corrected chi connectivity index (χ2v) is 7.39. The third-order valence-corrected chi connectivity index (χ3v) is 6.18. The van der Waals surface area contributed by atoms with Gasteiger partial charge in [0.05, 0.1) is 5.56 Å². The monoisotopic (exact) mass is 288 g/mol. The van der Waals surface area contributed by atoms with Crippen LogP contribution in [-0.4, -0.2) is 12.1 Å². The lowest BCUT2D eigenvalue weighted by molar-refractivity contribution is -0.0242. The summed E-state index contributed by atoms with van der Waals surface area (Å²) in [6.45, 7) is 6.86. The van der Waals surface area contributed by atoms with Gasteiger partial charge in [-0.15, -0.1) is 0 Å². The molecule has 2 aliphatic carbocycles. The summed E-state index contributed by atoms with van der Waals surface area (Å²) in [6.07, 6.45) is 3.32. The minimum absolute atomic E-state index is 0.0126.